The van der Waals surface area contributed by atoms with E-state index in [-0.39, 0.29) is 11.1 Å². The molecule has 1 aliphatic rings. The van der Waals surface area contributed by atoms with Crippen molar-refractivity contribution in [1.82, 2.24) is 15.2 Å². The second-order valence-corrected chi connectivity index (χ2v) is 6.47. The fourth-order valence-corrected chi connectivity index (χ4v) is 3.95. The number of fused-ring (bicyclic) bond motifs is 3. The van der Waals surface area contributed by atoms with Gasteiger partial charge in [0.1, 0.15) is 4.70 Å². The maximum atomic E-state index is 13.9. The number of aliphatic hydroxyl groups is 1. The number of pyridine rings is 1. The maximum Gasteiger partial charge on any atom is 0.271 e. The first-order valence-corrected chi connectivity index (χ1v) is 7.69. The molecule has 3 aromatic heterocycles. The minimum absolute atomic E-state index is 0.0475. The van der Waals surface area contributed by atoms with Crippen LogP contribution in [0.5, 0.6) is 0 Å². The first kappa shape index (κ1) is 14.3. The van der Waals surface area contributed by atoms with E-state index in [2.05, 4.69) is 15.2 Å². The summed E-state index contributed by atoms with van der Waals surface area (Å²) in [7, 11) is 0. The van der Waals surface area contributed by atoms with Crippen LogP contribution in [0.3, 0.4) is 0 Å². The predicted molar refractivity (Wildman–Crippen MR) is 83.7 cm³/mol. The summed E-state index contributed by atoms with van der Waals surface area (Å²) in [4.78, 5) is 15.7. The number of nitrogens with zero attached hydrogens (tertiary/aromatic N) is 1. The summed E-state index contributed by atoms with van der Waals surface area (Å²) in [6.45, 7) is -0.553. The van der Waals surface area contributed by atoms with Crippen molar-refractivity contribution in [1.29, 1.82) is 0 Å². The molecule has 0 aromatic carbocycles. The Morgan fingerprint density at radius 1 is 1.43 bits per heavy atom. The zero-order valence-corrected chi connectivity index (χ0v) is 12.5. The molecule has 5 nitrogen and oxygen atoms in total. The Labute approximate surface area is 132 Å². The predicted octanol–water partition coefficient (Wildman–Crippen LogP) is 2.55. The van der Waals surface area contributed by atoms with Crippen molar-refractivity contribution in [2.24, 2.45) is 0 Å². The third-order valence-corrected chi connectivity index (χ3v) is 5.06. The van der Waals surface area contributed by atoms with Crippen molar-refractivity contribution >= 4 is 27.0 Å². The third-order valence-electron chi connectivity index (χ3n) is 3.88. The van der Waals surface area contributed by atoms with Gasteiger partial charge in [0.25, 0.3) is 11.5 Å². The van der Waals surface area contributed by atoms with Gasteiger partial charge in [0, 0.05) is 34.0 Å². The van der Waals surface area contributed by atoms with Crippen molar-refractivity contribution in [2.45, 2.75) is 12.3 Å². The van der Waals surface area contributed by atoms with E-state index in [1.54, 1.807) is 18.5 Å². The van der Waals surface area contributed by atoms with E-state index in [4.69, 9.17) is 0 Å². The molecule has 0 unspecified atom stereocenters. The smallest absolute Gasteiger partial charge is 0.271 e. The Morgan fingerprint density at radius 3 is 2.96 bits per heavy atom. The molecule has 0 spiro atoms. The molecule has 0 saturated carbocycles. The number of H-pyrrole nitrogens is 2. The number of rotatable bonds is 2. The fraction of sp³-hybridized carbons (Fsp3) is 0.200. The number of allylic oxidation sites excluding steroid dienone is 1. The van der Waals surface area contributed by atoms with Crippen LogP contribution in [-0.4, -0.2) is 32.8 Å². The molecule has 0 fully saturated rings. The Morgan fingerprint density at radius 2 is 2.26 bits per heavy atom. The van der Waals surface area contributed by atoms with Gasteiger partial charge >= 0.3 is 0 Å². The number of nitrogens with one attached hydrogen (secondary N) is 2. The standard InChI is InChI=1S/C15H11F2N3O2S/c16-15(17)2-7(6-21)12-10(3-15)9-1-11(8-4-18-19-5-8)23-13(9)14(22)20-12/h1-2,4-5,21H,3,6H2,(H,18,19)(H,20,22). The molecule has 0 radical (unpaired) electrons. The van der Waals surface area contributed by atoms with Gasteiger partial charge in [0.15, 0.2) is 0 Å². The Bertz CT molecular complexity index is 986. The van der Waals surface area contributed by atoms with Crippen LogP contribution < -0.4 is 5.56 Å². The highest BCUT2D eigenvalue weighted by atomic mass is 32.1. The number of aromatic amines is 2. The lowest BCUT2D eigenvalue weighted by atomic mass is 9.91. The first-order chi connectivity index (χ1) is 11.0. The van der Waals surface area contributed by atoms with E-state index >= 15 is 0 Å². The molecular weight excluding hydrogens is 324 g/mol. The molecule has 4 rings (SSSR count). The van der Waals surface area contributed by atoms with E-state index in [0.29, 0.717) is 21.3 Å². The van der Waals surface area contributed by atoms with Crippen LogP contribution in [0.4, 0.5) is 8.78 Å². The number of hydrogen-bond acceptors (Lipinski definition) is 4. The normalized spacial score (nSPS) is 16.4. The van der Waals surface area contributed by atoms with E-state index in [1.165, 1.54) is 11.3 Å². The average molecular weight is 335 g/mol. The van der Waals surface area contributed by atoms with Crippen molar-refractivity contribution in [2.75, 3.05) is 6.61 Å². The van der Waals surface area contributed by atoms with Gasteiger partial charge in [-0.25, -0.2) is 8.78 Å². The molecule has 0 bridgehead atoms. The van der Waals surface area contributed by atoms with Gasteiger partial charge in [-0.05, 0) is 17.7 Å². The van der Waals surface area contributed by atoms with Gasteiger partial charge in [0.2, 0.25) is 0 Å². The van der Waals surface area contributed by atoms with Crippen LogP contribution in [0, 0.1) is 0 Å². The van der Waals surface area contributed by atoms with E-state index in [9.17, 15) is 18.7 Å². The molecular formula is C15H11F2N3O2S. The second kappa shape index (κ2) is 4.84. The van der Waals surface area contributed by atoms with Crippen molar-refractivity contribution < 1.29 is 13.9 Å². The van der Waals surface area contributed by atoms with Crippen LogP contribution in [0.25, 0.3) is 26.1 Å². The summed E-state index contributed by atoms with van der Waals surface area (Å²) in [6.07, 6.45) is 3.51. The molecule has 0 aliphatic heterocycles. The number of aliphatic hydroxyl groups excluding tert-OH is 1. The van der Waals surface area contributed by atoms with Crippen molar-refractivity contribution in [3.63, 3.8) is 0 Å². The molecule has 0 amide bonds. The van der Waals surface area contributed by atoms with Crippen LogP contribution in [0.15, 0.2) is 29.3 Å². The van der Waals surface area contributed by atoms with Crippen LogP contribution in [0.1, 0.15) is 11.3 Å². The van der Waals surface area contributed by atoms with Gasteiger partial charge in [0.05, 0.1) is 18.5 Å². The van der Waals surface area contributed by atoms with Gasteiger partial charge in [-0.3, -0.25) is 9.89 Å². The topological polar surface area (TPSA) is 81.8 Å². The Balaban J connectivity index is 2.03. The lowest BCUT2D eigenvalue weighted by Gasteiger charge is -2.23. The Hall–Kier alpha value is -2.32. The molecule has 3 N–H and O–H groups in total. The van der Waals surface area contributed by atoms with Crippen LogP contribution in [-0.2, 0) is 6.42 Å². The van der Waals surface area contributed by atoms with Crippen molar-refractivity contribution in [3.05, 3.63) is 46.1 Å². The number of alkyl halides is 2. The molecule has 3 aromatic rings. The highest BCUT2D eigenvalue weighted by Crippen LogP contribution is 2.40. The number of hydrogen-bond donors (Lipinski definition) is 3. The molecule has 8 heteroatoms. The van der Waals surface area contributed by atoms with E-state index < -0.39 is 19.0 Å². The second-order valence-electron chi connectivity index (χ2n) is 5.41. The molecule has 3 heterocycles. The fourth-order valence-electron chi connectivity index (χ4n) is 2.89. The largest absolute Gasteiger partial charge is 0.392 e. The van der Waals surface area contributed by atoms with E-state index in [0.717, 1.165) is 16.5 Å². The minimum atomic E-state index is -3.05. The highest BCUT2D eigenvalue weighted by Gasteiger charge is 2.35. The minimum Gasteiger partial charge on any atom is -0.392 e. The van der Waals surface area contributed by atoms with Gasteiger partial charge < -0.3 is 10.1 Å². The summed E-state index contributed by atoms with van der Waals surface area (Å²) in [5.74, 6) is -3.05. The quantitative estimate of drug-likeness (QED) is 0.673. The molecule has 23 heavy (non-hydrogen) atoms. The summed E-state index contributed by atoms with van der Waals surface area (Å²) in [6, 6.07) is 1.73. The zero-order valence-electron chi connectivity index (χ0n) is 11.7. The van der Waals surface area contributed by atoms with Crippen molar-refractivity contribution in [3.8, 4) is 10.4 Å². The first-order valence-electron chi connectivity index (χ1n) is 6.87. The number of aromatic nitrogens is 3. The maximum absolute atomic E-state index is 13.9. The molecule has 0 atom stereocenters. The van der Waals surface area contributed by atoms with E-state index in [1.807, 2.05) is 0 Å². The van der Waals surface area contributed by atoms with Crippen LogP contribution in [0.2, 0.25) is 0 Å². The lowest BCUT2D eigenvalue weighted by Crippen LogP contribution is -2.26. The summed E-state index contributed by atoms with van der Waals surface area (Å²) in [5.41, 5.74) is 1.16. The summed E-state index contributed by atoms with van der Waals surface area (Å²) < 4.78 is 28.3. The lowest BCUT2D eigenvalue weighted by molar-refractivity contribution is 0.0543. The molecule has 1 aliphatic carbocycles. The molecule has 118 valence electrons. The monoisotopic (exact) mass is 335 g/mol. The van der Waals surface area contributed by atoms with Crippen LogP contribution >= 0.6 is 11.3 Å². The highest BCUT2D eigenvalue weighted by molar-refractivity contribution is 7.22. The average Bonchev–Trinajstić information content (AvgIpc) is 3.15. The SMILES string of the molecule is O=c1[nH]c2c(c3cc(-c4cn[nH]c4)sc13)CC(F)(F)C=C2CO. The zero-order chi connectivity index (χ0) is 16.2. The summed E-state index contributed by atoms with van der Waals surface area (Å²) >= 11 is 1.23. The van der Waals surface area contributed by atoms with Gasteiger partial charge in [-0.2, -0.15) is 5.10 Å². The number of halogens is 2. The summed E-state index contributed by atoms with van der Waals surface area (Å²) in [5, 5.41) is 16.4. The third kappa shape index (κ3) is 2.22. The number of thiophene rings is 1. The molecule has 0 saturated heterocycles. The van der Waals surface area contributed by atoms with Gasteiger partial charge in [-0.1, -0.05) is 0 Å². The Kier molecular flexibility index (Phi) is 3.00. The van der Waals surface area contributed by atoms with Gasteiger partial charge in [-0.15, -0.1) is 11.3 Å².